The van der Waals surface area contributed by atoms with Crippen LogP contribution in [0.2, 0.25) is 0 Å². The second-order valence-electron chi connectivity index (χ2n) is 3.05. The topological polar surface area (TPSA) is 95.5 Å². The lowest BCUT2D eigenvalue weighted by Gasteiger charge is -2.06. The first kappa shape index (κ1) is 13.3. The Morgan fingerprint density at radius 2 is 1.93 bits per heavy atom. The van der Waals surface area contributed by atoms with Gasteiger partial charge in [0.1, 0.15) is 6.10 Å². The number of aliphatic hydroxyl groups is 1. The van der Waals surface area contributed by atoms with Crippen molar-refractivity contribution in [3.63, 3.8) is 0 Å². The molecular weight excluding hydrogens is 200 g/mol. The highest BCUT2D eigenvalue weighted by atomic mass is 16.3. The van der Waals surface area contributed by atoms with Crippen molar-refractivity contribution in [1.82, 2.24) is 10.6 Å². The average molecular weight is 214 g/mol. The Balaban J connectivity index is 3.91. The van der Waals surface area contributed by atoms with E-state index in [0.29, 0.717) is 0 Å². The van der Waals surface area contributed by atoms with Crippen LogP contribution in [0.3, 0.4) is 0 Å². The summed E-state index contributed by atoms with van der Waals surface area (Å²) in [5, 5.41) is 12.9. The Labute approximate surface area is 87.3 Å². The minimum atomic E-state index is -1.26. The van der Waals surface area contributed by atoms with Crippen LogP contribution in [-0.2, 0) is 14.4 Å². The molecule has 1 atom stereocenters. The fraction of sp³-hybridized carbons (Fsp3) is 0.444. The summed E-state index contributed by atoms with van der Waals surface area (Å²) >= 11 is 0. The smallest absolute Gasteiger partial charge is 0.255 e. The highest BCUT2D eigenvalue weighted by molar-refractivity contribution is 6.00. The molecule has 0 radical (unpaired) electrons. The number of carbonyl (C=O) groups excluding carboxylic acids is 3. The lowest BCUT2D eigenvalue weighted by Crippen LogP contribution is -2.43. The van der Waals surface area contributed by atoms with Crippen LogP contribution in [0.5, 0.6) is 0 Å². The summed E-state index contributed by atoms with van der Waals surface area (Å²) in [7, 11) is 0. The van der Waals surface area contributed by atoms with Gasteiger partial charge in [0.2, 0.25) is 11.8 Å². The molecule has 3 amide bonds. The van der Waals surface area contributed by atoms with Crippen molar-refractivity contribution in [1.29, 1.82) is 0 Å². The monoisotopic (exact) mass is 214 g/mol. The van der Waals surface area contributed by atoms with Crippen LogP contribution in [0.15, 0.2) is 12.2 Å². The SMILES string of the molecule is C=C(C)C(=O)NCC(=O)NC(=O)C(C)O. The van der Waals surface area contributed by atoms with E-state index in [-0.39, 0.29) is 12.1 Å². The van der Waals surface area contributed by atoms with E-state index in [9.17, 15) is 14.4 Å². The Bertz CT molecular complexity index is 296. The van der Waals surface area contributed by atoms with E-state index in [2.05, 4.69) is 11.9 Å². The number of rotatable bonds is 4. The zero-order chi connectivity index (χ0) is 12.0. The van der Waals surface area contributed by atoms with E-state index < -0.39 is 23.8 Å². The van der Waals surface area contributed by atoms with Gasteiger partial charge in [0, 0.05) is 5.57 Å². The van der Waals surface area contributed by atoms with E-state index in [1.54, 1.807) is 0 Å². The van der Waals surface area contributed by atoms with Crippen molar-refractivity contribution in [2.75, 3.05) is 6.54 Å². The molecule has 6 heteroatoms. The number of amides is 3. The first-order chi connectivity index (χ1) is 6.84. The third-order valence-corrected chi connectivity index (χ3v) is 1.44. The third-order valence-electron chi connectivity index (χ3n) is 1.44. The molecule has 6 nitrogen and oxygen atoms in total. The number of aliphatic hydroxyl groups excluding tert-OH is 1. The summed E-state index contributed by atoms with van der Waals surface area (Å²) in [5.74, 6) is -1.95. The Morgan fingerprint density at radius 1 is 1.40 bits per heavy atom. The first-order valence-corrected chi connectivity index (χ1v) is 4.30. The van der Waals surface area contributed by atoms with Gasteiger partial charge in [-0.1, -0.05) is 6.58 Å². The standard InChI is InChI=1S/C9H14N2O4/c1-5(2)8(14)10-4-7(13)11-9(15)6(3)12/h6,12H,1,4H2,2-3H3,(H,10,14)(H,11,13,15). The van der Waals surface area contributed by atoms with Crippen molar-refractivity contribution in [2.45, 2.75) is 20.0 Å². The van der Waals surface area contributed by atoms with Gasteiger partial charge in [0.05, 0.1) is 6.54 Å². The lowest BCUT2D eigenvalue weighted by molar-refractivity contribution is -0.135. The van der Waals surface area contributed by atoms with Crippen molar-refractivity contribution < 1.29 is 19.5 Å². The summed E-state index contributed by atoms with van der Waals surface area (Å²) in [5.41, 5.74) is 0.268. The van der Waals surface area contributed by atoms with Crippen molar-refractivity contribution in [3.05, 3.63) is 12.2 Å². The molecule has 0 bridgehead atoms. The van der Waals surface area contributed by atoms with Crippen LogP contribution in [-0.4, -0.2) is 35.5 Å². The highest BCUT2D eigenvalue weighted by Gasteiger charge is 2.13. The predicted molar refractivity (Wildman–Crippen MR) is 52.7 cm³/mol. The molecule has 0 aliphatic carbocycles. The predicted octanol–water partition coefficient (Wildman–Crippen LogP) is -1.30. The zero-order valence-electron chi connectivity index (χ0n) is 8.66. The first-order valence-electron chi connectivity index (χ1n) is 4.30. The normalized spacial score (nSPS) is 11.4. The molecule has 0 rings (SSSR count). The van der Waals surface area contributed by atoms with E-state index in [1.807, 2.05) is 5.32 Å². The van der Waals surface area contributed by atoms with Crippen molar-refractivity contribution >= 4 is 17.7 Å². The highest BCUT2D eigenvalue weighted by Crippen LogP contribution is 1.84. The van der Waals surface area contributed by atoms with Gasteiger partial charge in [0.25, 0.3) is 5.91 Å². The maximum Gasteiger partial charge on any atom is 0.255 e. The molecule has 84 valence electrons. The molecular formula is C9H14N2O4. The molecule has 0 aliphatic heterocycles. The molecule has 1 unspecified atom stereocenters. The number of hydrogen-bond donors (Lipinski definition) is 3. The third kappa shape index (κ3) is 5.58. The van der Waals surface area contributed by atoms with E-state index in [4.69, 9.17) is 5.11 Å². The molecule has 0 saturated carbocycles. The maximum atomic E-state index is 11.0. The molecule has 0 aromatic rings. The van der Waals surface area contributed by atoms with E-state index in [1.165, 1.54) is 13.8 Å². The summed E-state index contributed by atoms with van der Waals surface area (Å²) in [4.78, 5) is 32.8. The largest absolute Gasteiger partial charge is 0.384 e. The summed E-state index contributed by atoms with van der Waals surface area (Å²) in [6, 6.07) is 0. The van der Waals surface area contributed by atoms with Crippen LogP contribution < -0.4 is 10.6 Å². The molecule has 15 heavy (non-hydrogen) atoms. The van der Waals surface area contributed by atoms with Crippen LogP contribution >= 0.6 is 0 Å². The average Bonchev–Trinajstić information content (AvgIpc) is 2.13. The van der Waals surface area contributed by atoms with Crippen LogP contribution in [0, 0.1) is 0 Å². The fourth-order valence-corrected chi connectivity index (χ4v) is 0.597. The van der Waals surface area contributed by atoms with Gasteiger partial charge in [-0.25, -0.2) is 0 Å². The quantitative estimate of drug-likeness (QED) is 0.507. The number of carbonyl (C=O) groups is 3. The van der Waals surface area contributed by atoms with Gasteiger partial charge < -0.3 is 10.4 Å². The van der Waals surface area contributed by atoms with Crippen LogP contribution in [0.25, 0.3) is 0 Å². The second kappa shape index (κ2) is 5.92. The Hall–Kier alpha value is -1.69. The van der Waals surface area contributed by atoms with E-state index in [0.717, 1.165) is 0 Å². The van der Waals surface area contributed by atoms with Gasteiger partial charge in [-0.2, -0.15) is 0 Å². The van der Waals surface area contributed by atoms with Crippen LogP contribution in [0.1, 0.15) is 13.8 Å². The van der Waals surface area contributed by atoms with Gasteiger partial charge in [-0.15, -0.1) is 0 Å². The lowest BCUT2D eigenvalue weighted by atomic mass is 10.3. The van der Waals surface area contributed by atoms with Gasteiger partial charge in [-0.3, -0.25) is 19.7 Å². The molecule has 0 heterocycles. The Morgan fingerprint density at radius 3 is 2.33 bits per heavy atom. The number of nitrogens with one attached hydrogen (secondary N) is 2. The number of imide groups is 1. The van der Waals surface area contributed by atoms with Crippen LogP contribution in [0.4, 0.5) is 0 Å². The van der Waals surface area contributed by atoms with Crippen molar-refractivity contribution in [2.24, 2.45) is 0 Å². The summed E-state index contributed by atoms with van der Waals surface area (Å²) in [6.45, 7) is 5.77. The maximum absolute atomic E-state index is 11.0. The number of hydrogen-bond acceptors (Lipinski definition) is 4. The minimum absolute atomic E-state index is 0.268. The second-order valence-corrected chi connectivity index (χ2v) is 3.05. The van der Waals surface area contributed by atoms with Gasteiger partial charge in [-0.05, 0) is 13.8 Å². The minimum Gasteiger partial charge on any atom is -0.384 e. The molecule has 0 saturated heterocycles. The molecule has 0 aromatic carbocycles. The van der Waals surface area contributed by atoms with E-state index >= 15 is 0 Å². The molecule has 0 aliphatic rings. The van der Waals surface area contributed by atoms with Gasteiger partial charge >= 0.3 is 0 Å². The van der Waals surface area contributed by atoms with Crippen molar-refractivity contribution in [3.8, 4) is 0 Å². The summed E-state index contributed by atoms with van der Waals surface area (Å²) < 4.78 is 0. The fourth-order valence-electron chi connectivity index (χ4n) is 0.597. The zero-order valence-corrected chi connectivity index (χ0v) is 8.66. The summed E-state index contributed by atoms with van der Waals surface area (Å²) in [6.07, 6.45) is -1.26. The molecule has 3 N–H and O–H groups in total. The Kier molecular flexibility index (Phi) is 5.25. The molecule has 0 fully saturated rings. The molecule has 0 spiro atoms. The molecule has 0 aromatic heterocycles. The van der Waals surface area contributed by atoms with Gasteiger partial charge in [0.15, 0.2) is 0 Å².